The van der Waals surface area contributed by atoms with Crippen molar-refractivity contribution in [3.8, 4) is 5.75 Å². The summed E-state index contributed by atoms with van der Waals surface area (Å²) in [5.74, 6) is -3.47. The lowest BCUT2D eigenvalue weighted by molar-refractivity contribution is -0.154. The fraction of sp³-hybridized carbons (Fsp3) is 0.258. The molecule has 2 atom stereocenters. The molecular weight excluding hydrogens is 532 g/mol. The van der Waals surface area contributed by atoms with E-state index >= 15 is 0 Å². The molecule has 40 heavy (non-hydrogen) atoms. The first-order valence-electron chi connectivity index (χ1n) is 13.1. The maximum absolute atomic E-state index is 13.6. The Labute approximate surface area is 236 Å². The van der Waals surface area contributed by atoms with Crippen molar-refractivity contribution in [3.63, 3.8) is 0 Å². The largest absolute Gasteiger partial charge is 0.423 e. The molecule has 1 aliphatic heterocycles. The van der Waals surface area contributed by atoms with Crippen molar-refractivity contribution in [1.82, 2.24) is 10.0 Å². The number of fused-ring (bicyclic) bond motifs is 1. The number of carbonyl (C=O) groups is 5. The molecule has 3 amide bonds. The van der Waals surface area contributed by atoms with Crippen molar-refractivity contribution in [2.45, 2.75) is 32.6 Å². The van der Waals surface area contributed by atoms with Crippen LogP contribution < -0.4 is 4.74 Å². The van der Waals surface area contributed by atoms with Crippen LogP contribution in [0.3, 0.4) is 0 Å². The van der Waals surface area contributed by atoms with E-state index in [1.807, 2.05) is 6.92 Å². The molecule has 0 radical (unpaired) electrons. The van der Waals surface area contributed by atoms with Crippen molar-refractivity contribution in [1.29, 1.82) is 0 Å². The van der Waals surface area contributed by atoms with Gasteiger partial charge in [-0.2, -0.15) is 5.01 Å². The zero-order valence-corrected chi connectivity index (χ0v) is 22.6. The number of carbonyl (C=O) groups excluding carboxylic acids is 5. The van der Waals surface area contributed by atoms with Gasteiger partial charge in [0.15, 0.2) is 5.78 Å². The van der Waals surface area contributed by atoms with Crippen molar-refractivity contribution >= 4 is 41.1 Å². The minimum absolute atomic E-state index is 0.0748. The van der Waals surface area contributed by atoms with Crippen LogP contribution in [0.2, 0.25) is 5.02 Å². The highest BCUT2D eigenvalue weighted by Gasteiger charge is 2.52. The van der Waals surface area contributed by atoms with E-state index in [9.17, 15) is 24.0 Å². The Balaban J connectivity index is 1.37. The molecule has 0 spiro atoms. The van der Waals surface area contributed by atoms with E-state index in [1.165, 1.54) is 36.4 Å². The van der Waals surface area contributed by atoms with Crippen molar-refractivity contribution in [2.24, 2.45) is 11.8 Å². The van der Waals surface area contributed by atoms with Gasteiger partial charge in [0.05, 0.1) is 28.0 Å². The minimum Gasteiger partial charge on any atom is -0.423 e. The van der Waals surface area contributed by atoms with Gasteiger partial charge in [0.25, 0.3) is 17.7 Å². The van der Waals surface area contributed by atoms with Gasteiger partial charge in [0, 0.05) is 5.56 Å². The highest BCUT2D eigenvalue weighted by atomic mass is 35.5. The highest BCUT2D eigenvalue weighted by Crippen LogP contribution is 2.39. The van der Waals surface area contributed by atoms with Crippen LogP contribution in [-0.2, 0) is 9.59 Å². The van der Waals surface area contributed by atoms with Crippen molar-refractivity contribution in [2.75, 3.05) is 6.54 Å². The molecule has 9 heteroatoms. The first-order chi connectivity index (χ1) is 19.2. The Morgan fingerprint density at radius 1 is 0.850 bits per heavy atom. The Hall–Kier alpha value is -4.30. The fourth-order valence-corrected chi connectivity index (χ4v) is 5.40. The molecule has 0 aromatic heterocycles. The molecule has 8 nitrogen and oxygen atoms in total. The molecule has 1 saturated heterocycles. The molecule has 2 fully saturated rings. The van der Waals surface area contributed by atoms with Gasteiger partial charge in [-0.15, -0.1) is 0 Å². The van der Waals surface area contributed by atoms with Crippen molar-refractivity contribution < 1.29 is 28.7 Å². The van der Waals surface area contributed by atoms with E-state index in [4.69, 9.17) is 16.3 Å². The fourth-order valence-electron chi connectivity index (χ4n) is 5.18. The third kappa shape index (κ3) is 5.40. The number of hydrogen-bond donors (Lipinski definition) is 0. The van der Waals surface area contributed by atoms with Gasteiger partial charge in [-0.05, 0) is 68.3 Å². The summed E-state index contributed by atoms with van der Waals surface area (Å²) in [5, 5.41) is 1.90. The van der Waals surface area contributed by atoms with E-state index in [-0.39, 0.29) is 21.9 Å². The number of ketones is 1. The van der Waals surface area contributed by atoms with Gasteiger partial charge in [0.2, 0.25) is 0 Å². The smallest absolute Gasteiger partial charge is 0.343 e. The number of Topliss-reactive ketones (excluding diaryl/α,β-unsaturated/α-hetero) is 1. The van der Waals surface area contributed by atoms with Crippen LogP contribution in [-0.4, -0.2) is 46.0 Å². The SMILES string of the molecule is Cc1ccc(C(=O)Oc2ccc(C(=O)CN(C(=O)c3ccccc3Cl)N3C(=O)[C@@H]4CCCC[C@H]4C3=O)cc2)cc1. The number of nitrogens with zero attached hydrogens (tertiary/aromatic N) is 2. The van der Waals surface area contributed by atoms with Crippen LogP contribution >= 0.6 is 11.6 Å². The molecule has 1 aliphatic carbocycles. The summed E-state index contributed by atoms with van der Waals surface area (Å²) in [6, 6.07) is 19.1. The van der Waals surface area contributed by atoms with Gasteiger partial charge in [-0.25, -0.2) is 9.80 Å². The number of amides is 3. The zero-order valence-electron chi connectivity index (χ0n) is 21.8. The Morgan fingerprint density at radius 3 is 2.02 bits per heavy atom. The number of halogens is 1. The van der Waals surface area contributed by atoms with Gasteiger partial charge in [-0.3, -0.25) is 19.2 Å². The van der Waals surface area contributed by atoms with Crippen LogP contribution in [0.1, 0.15) is 62.3 Å². The third-order valence-electron chi connectivity index (χ3n) is 7.37. The highest BCUT2D eigenvalue weighted by molar-refractivity contribution is 6.34. The first-order valence-corrected chi connectivity index (χ1v) is 13.5. The summed E-state index contributed by atoms with van der Waals surface area (Å²) >= 11 is 6.27. The quantitative estimate of drug-likeness (QED) is 0.169. The average Bonchev–Trinajstić information content (AvgIpc) is 3.21. The molecule has 3 aromatic rings. The summed E-state index contributed by atoms with van der Waals surface area (Å²) < 4.78 is 5.40. The molecule has 5 rings (SSSR count). The van der Waals surface area contributed by atoms with Crippen LogP contribution in [0.15, 0.2) is 72.8 Å². The molecule has 0 N–H and O–H groups in total. The molecule has 1 saturated carbocycles. The van der Waals surface area contributed by atoms with Gasteiger partial charge >= 0.3 is 5.97 Å². The predicted octanol–water partition coefficient (Wildman–Crippen LogP) is 5.28. The number of hydrazine groups is 1. The standard InChI is InChI=1S/C31H27ClN2O6/c1-19-10-12-21(13-11-19)31(39)40-22-16-14-20(15-17-22)27(35)18-33(28(36)25-8-4-5-9-26(25)32)34-29(37)23-6-2-3-7-24(23)30(34)38/h4-5,8-17,23-24H,2-3,6-7,18H2,1H3/t23-,24-/m1/s1. The lowest BCUT2D eigenvalue weighted by Crippen LogP contribution is -2.52. The van der Waals surface area contributed by atoms with E-state index < -0.39 is 47.9 Å². The Bertz CT molecular complexity index is 1460. The number of hydrogen-bond acceptors (Lipinski definition) is 6. The van der Waals surface area contributed by atoms with Crippen molar-refractivity contribution in [3.05, 3.63) is 100 Å². The normalized spacial score (nSPS) is 18.3. The first kappa shape index (κ1) is 27.3. The molecule has 0 unspecified atom stereocenters. The molecular formula is C31H27ClN2O6. The van der Waals surface area contributed by atoms with Crippen LogP contribution in [0, 0.1) is 18.8 Å². The number of imide groups is 1. The molecule has 3 aromatic carbocycles. The number of rotatable bonds is 7. The topological polar surface area (TPSA) is 101 Å². The average molecular weight is 559 g/mol. The van der Waals surface area contributed by atoms with E-state index in [0.29, 0.717) is 18.4 Å². The van der Waals surface area contributed by atoms with Crippen LogP contribution in [0.5, 0.6) is 5.75 Å². The lowest BCUT2D eigenvalue weighted by Gasteiger charge is -2.30. The second-order valence-electron chi connectivity index (χ2n) is 10.0. The van der Waals surface area contributed by atoms with Gasteiger partial charge < -0.3 is 4.74 Å². The molecule has 1 heterocycles. The zero-order chi connectivity index (χ0) is 28.4. The summed E-state index contributed by atoms with van der Waals surface area (Å²) in [6.45, 7) is 1.36. The van der Waals surface area contributed by atoms with E-state index in [1.54, 1.807) is 36.4 Å². The second-order valence-corrected chi connectivity index (χ2v) is 10.4. The minimum atomic E-state index is -0.719. The maximum atomic E-state index is 13.6. The second kappa shape index (κ2) is 11.4. The summed E-state index contributed by atoms with van der Waals surface area (Å²) in [6.07, 6.45) is 2.78. The monoisotopic (exact) mass is 558 g/mol. The van der Waals surface area contributed by atoms with Gasteiger partial charge in [0.1, 0.15) is 12.3 Å². The number of ether oxygens (including phenoxy) is 1. The van der Waals surface area contributed by atoms with E-state index in [0.717, 1.165) is 28.4 Å². The lowest BCUT2D eigenvalue weighted by atomic mass is 9.81. The number of esters is 1. The van der Waals surface area contributed by atoms with Crippen LogP contribution in [0.25, 0.3) is 0 Å². The Kier molecular flexibility index (Phi) is 7.80. The third-order valence-corrected chi connectivity index (χ3v) is 7.70. The molecule has 204 valence electrons. The maximum Gasteiger partial charge on any atom is 0.343 e. The van der Waals surface area contributed by atoms with Crippen LogP contribution in [0.4, 0.5) is 0 Å². The molecule has 2 aliphatic rings. The number of aryl methyl sites for hydroxylation is 1. The number of benzene rings is 3. The summed E-state index contributed by atoms with van der Waals surface area (Å²) in [4.78, 5) is 66.1. The van der Waals surface area contributed by atoms with Gasteiger partial charge in [-0.1, -0.05) is 54.3 Å². The van der Waals surface area contributed by atoms with E-state index in [2.05, 4.69) is 0 Å². The summed E-state index contributed by atoms with van der Waals surface area (Å²) in [7, 11) is 0. The Morgan fingerprint density at radius 2 is 1.43 bits per heavy atom. The molecule has 0 bridgehead atoms. The predicted molar refractivity (Wildman–Crippen MR) is 147 cm³/mol. The summed E-state index contributed by atoms with van der Waals surface area (Å²) in [5.41, 5.74) is 1.69.